The number of carboxylic acid groups (broad SMARTS) is 1. The summed E-state index contributed by atoms with van der Waals surface area (Å²) in [4.78, 5) is 26.1. The number of nitrogens with one attached hydrogen (secondary N) is 1. The Hall–Kier alpha value is -2.23. The maximum absolute atomic E-state index is 12.7. The zero-order valence-electron chi connectivity index (χ0n) is 15.7. The molecule has 0 unspecified atom stereocenters. The zero-order valence-corrected chi connectivity index (χ0v) is 16.6. The third-order valence-electron chi connectivity index (χ3n) is 5.31. The van der Waals surface area contributed by atoms with E-state index in [-0.39, 0.29) is 10.8 Å². The third-order valence-corrected chi connectivity index (χ3v) is 7.22. The molecule has 2 aliphatic rings. The van der Waals surface area contributed by atoms with E-state index >= 15 is 0 Å². The van der Waals surface area contributed by atoms with Gasteiger partial charge < -0.3 is 15.3 Å². The minimum Gasteiger partial charge on any atom is -0.481 e. The average Bonchev–Trinajstić information content (AvgIpc) is 2.68. The van der Waals surface area contributed by atoms with Gasteiger partial charge in [-0.15, -0.1) is 0 Å². The Morgan fingerprint density at radius 3 is 2.14 bits per heavy atom. The Balaban J connectivity index is 1.68. The molecule has 1 amide bonds. The van der Waals surface area contributed by atoms with Crippen molar-refractivity contribution in [2.75, 3.05) is 38.5 Å². The summed E-state index contributed by atoms with van der Waals surface area (Å²) in [5, 5.41) is 12.0. The molecule has 1 fully saturated rings. The lowest BCUT2D eigenvalue weighted by Crippen LogP contribution is -2.46. The van der Waals surface area contributed by atoms with Crippen molar-refractivity contribution < 1.29 is 23.1 Å². The minimum absolute atomic E-state index is 0.180. The quantitative estimate of drug-likeness (QED) is 0.711. The molecule has 2 atom stereocenters. The molecule has 1 aliphatic heterocycles. The fourth-order valence-electron chi connectivity index (χ4n) is 3.50. The zero-order chi connectivity index (χ0) is 20.3. The van der Waals surface area contributed by atoms with E-state index in [0.717, 1.165) is 0 Å². The van der Waals surface area contributed by atoms with Gasteiger partial charge in [0.15, 0.2) is 0 Å². The number of likely N-dealkylation sites (N-methyl/N-ethyl adjacent to an activating group) is 1. The second-order valence-electron chi connectivity index (χ2n) is 7.22. The molecule has 0 saturated carbocycles. The summed E-state index contributed by atoms with van der Waals surface area (Å²) in [5.74, 6) is -2.75. The number of anilines is 1. The first kappa shape index (κ1) is 20.5. The molecule has 1 saturated heterocycles. The molecule has 1 heterocycles. The summed E-state index contributed by atoms with van der Waals surface area (Å²) >= 11 is 0. The van der Waals surface area contributed by atoms with Gasteiger partial charge in [0.25, 0.3) is 0 Å². The number of carboxylic acids is 1. The molecule has 0 bridgehead atoms. The van der Waals surface area contributed by atoms with Gasteiger partial charge in [0.2, 0.25) is 15.9 Å². The SMILES string of the molecule is CN1CCN(S(=O)(=O)c2ccc(NC(=O)[C@@H]3CC=CC[C@H]3C(=O)O)cc2)CC1. The van der Waals surface area contributed by atoms with Crippen molar-refractivity contribution in [3.05, 3.63) is 36.4 Å². The van der Waals surface area contributed by atoms with Gasteiger partial charge in [-0.2, -0.15) is 4.31 Å². The van der Waals surface area contributed by atoms with E-state index in [0.29, 0.717) is 44.7 Å². The summed E-state index contributed by atoms with van der Waals surface area (Å²) in [6, 6.07) is 6.02. The Morgan fingerprint density at radius 1 is 1.00 bits per heavy atom. The predicted octanol–water partition coefficient (Wildman–Crippen LogP) is 1.23. The number of hydrogen-bond donors (Lipinski definition) is 2. The van der Waals surface area contributed by atoms with Crippen LogP contribution in [0.4, 0.5) is 5.69 Å². The van der Waals surface area contributed by atoms with Crippen molar-refractivity contribution in [3.8, 4) is 0 Å². The average molecular weight is 407 g/mol. The highest BCUT2D eigenvalue weighted by Crippen LogP contribution is 2.27. The second kappa shape index (κ2) is 8.42. The molecule has 28 heavy (non-hydrogen) atoms. The van der Waals surface area contributed by atoms with E-state index in [1.165, 1.54) is 28.6 Å². The number of benzene rings is 1. The van der Waals surface area contributed by atoms with Crippen LogP contribution in [-0.2, 0) is 19.6 Å². The van der Waals surface area contributed by atoms with Gasteiger partial charge in [0.1, 0.15) is 0 Å². The Morgan fingerprint density at radius 2 is 1.57 bits per heavy atom. The number of piperazine rings is 1. The molecule has 1 aliphatic carbocycles. The maximum Gasteiger partial charge on any atom is 0.307 e. The van der Waals surface area contributed by atoms with Crippen LogP contribution in [0.3, 0.4) is 0 Å². The fraction of sp³-hybridized carbons (Fsp3) is 0.474. The van der Waals surface area contributed by atoms with Gasteiger partial charge in [-0.1, -0.05) is 12.2 Å². The van der Waals surface area contributed by atoms with Gasteiger partial charge in [-0.25, -0.2) is 8.42 Å². The normalized spacial score (nSPS) is 24.0. The van der Waals surface area contributed by atoms with Crippen LogP contribution < -0.4 is 5.32 Å². The number of allylic oxidation sites excluding steroid dienone is 2. The highest BCUT2D eigenvalue weighted by molar-refractivity contribution is 7.89. The third kappa shape index (κ3) is 4.43. The van der Waals surface area contributed by atoms with Crippen LogP contribution >= 0.6 is 0 Å². The van der Waals surface area contributed by atoms with Gasteiger partial charge >= 0.3 is 5.97 Å². The first-order valence-corrected chi connectivity index (χ1v) is 10.7. The summed E-state index contributed by atoms with van der Waals surface area (Å²) in [6.45, 7) is 2.27. The number of hydrogen-bond acceptors (Lipinski definition) is 5. The maximum atomic E-state index is 12.7. The molecule has 3 rings (SSSR count). The van der Waals surface area contributed by atoms with Gasteiger partial charge in [-0.05, 0) is 44.2 Å². The lowest BCUT2D eigenvalue weighted by Gasteiger charge is -2.31. The van der Waals surface area contributed by atoms with Crippen molar-refractivity contribution in [1.29, 1.82) is 0 Å². The standard InChI is InChI=1S/C19H25N3O5S/c1-21-10-12-22(13-11-21)28(26,27)15-8-6-14(7-9-15)20-18(23)16-4-2-3-5-17(16)19(24)25/h2-3,6-9,16-17H,4-5,10-13H2,1H3,(H,20,23)(H,24,25)/t16-,17-/m1/s1. The van der Waals surface area contributed by atoms with Crippen LogP contribution in [0.2, 0.25) is 0 Å². The molecule has 9 heteroatoms. The lowest BCUT2D eigenvalue weighted by atomic mass is 9.82. The van der Waals surface area contributed by atoms with E-state index < -0.39 is 27.8 Å². The van der Waals surface area contributed by atoms with Gasteiger partial charge in [-0.3, -0.25) is 9.59 Å². The van der Waals surface area contributed by atoms with Crippen molar-refractivity contribution in [2.45, 2.75) is 17.7 Å². The molecular formula is C19H25N3O5S. The molecule has 8 nitrogen and oxygen atoms in total. The van der Waals surface area contributed by atoms with E-state index in [4.69, 9.17) is 0 Å². The topological polar surface area (TPSA) is 107 Å². The molecule has 0 spiro atoms. The Kier molecular flexibility index (Phi) is 6.17. The van der Waals surface area contributed by atoms with E-state index in [1.54, 1.807) is 6.08 Å². The summed E-state index contributed by atoms with van der Waals surface area (Å²) in [5.41, 5.74) is 0.445. The number of amides is 1. The number of nitrogens with zero attached hydrogens (tertiary/aromatic N) is 2. The summed E-state index contributed by atoms with van der Waals surface area (Å²) in [7, 11) is -1.61. The van der Waals surface area contributed by atoms with Crippen molar-refractivity contribution >= 4 is 27.6 Å². The van der Waals surface area contributed by atoms with Crippen molar-refractivity contribution in [3.63, 3.8) is 0 Å². The van der Waals surface area contributed by atoms with Crippen molar-refractivity contribution in [2.24, 2.45) is 11.8 Å². The van der Waals surface area contributed by atoms with Crippen LogP contribution in [0, 0.1) is 11.8 Å². The van der Waals surface area contributed by atoms with E-state index in [9.17, 15) is 23.1 Å². The number of carbonyl (C=O) groups excluding carboxylic acids is 1. The summed E-state index contributed by atoms with van der Waals surface area (Å²) < 4.78 is 26.9. The number of sulfonamides is 1. The predicted molar refractivity (Wildman–Crippen MR) is 104 cm³/mol. The first-order valence-electron chi connectivity index (χ1n) is 9.26. The molecule has 1 aromatic rings. The molecule has 2 N–H and O–H groups in total. The molecule has 0 aromatic heterocycles. The Labute approximate surface area is 164 Å². The highest BCUT2D eigenvalue weighted by atomic mass is 32.2. The fourth-order valence-corrected chi connectivity index (χ4v) is 4.92. The van der Waals surface area contributed by atoms with Crippen LogP contribution in [0.25, 0.3) is 0 Å². The largest absolute Gasteiger partial charge is 0.481 e. The van der Waals surface area contributed by atoms with Crippen LogP contribution in [0.1, 0.15) is 12.8 Å². The molecule has 152 valence electrons. The van der Waals surface area contributed by atoms with Crippen LogP contribution in [-0.4, -0.2) is 67.8 Å². The lowest BCUT2D eigenvalue weighted by molar-refractivity contribution is -0.146. The van der Waals surface area contributed by atoms with Crippen molar-refractivity contribution in [1.82, 2.24) is 9.21 Å². The number of carbonyl (C=O) groups is 2. The van der Waals surface area contributed by atoms with Crippen LogP contribution in [0.5, 0.6) is 0 Å². The highest BCUT2D eigenvalue weighted by Gasteiger charge is 2.34. The molecular weight excluding hydrogens is 382 g/mol. The summed E-state index contributed by atoms with van der Waals surface area (Å²) in [6.07, 6.45) is 4.30. The minimum atomic E-state index is -3.56. The van der Waals surface area contributed by atoms with E-state index in [1.807, 2.05) is 13.1 Å². The Bertz CT molecular complexity index is 858. The number of rotatable bonds is 5. The first-order chi connectivity index (χ1) is 13.3. The van der Waals surface area contributed by atoms with E-state index in [2.05, 4.69) is 10.2 Å². The second-order valence-corrected chi connectivity index (χ2v) is 9.15. The monoisotopic (exact) mass is 407 g/mol. The van der Waals surface area contributed by atoms with Gasteiger partial charge in [0.05, 0.1) is 16.7 Å². The van der Waals surface area contributed by atoms with Gasteiger partial charge in [0, 0.05) is 31.9 Å². The van der Waals surface area contributed by atoms with Crippen LogP contribution in [0.15, 0.2) is 41.3 Å². The molecule has 0 radical (unpaired) electrons. The molecule has 1 aromatic carbocycles. The number of aliphatic carboxylic acids is 1. The smallest absolute Gasteiger partial charge is 0.307 e.